The number of hydrogen-bond acceptors (Lipinski definition) is 5. The number of nitrogens with one attached hydrogen (secondary N) is 2. The van der Waals surface area contributed by atoms with Crippen molar-refractivity contribution in [3.05, 3.63) is 90.0 Å². The number of thiocarbonyl (C=S) groups is 1. The summed E-state index contributed by atoms with van der Waals surface area (Å²) in [6.45, 7) is 2.24. The number of hydrogen-bond donors (Lipinski definition) is 2. The smallest absolute Gasteiger partial charge is 0.261 e. The van der Waals surface area contributed by atoms with Crippen molar-refractivity contribution in [2.75, 3.05) is 31.6 Å². The van der Waals surface area contributed by atoms with E-state index in [9.17, 15) is 9.59 Å². The number of para-hydroxylation sites is 2. The predicted octanol–water partition coefficient (Wildman–Crippen LogP) is 4.51. The van der Waals surface area contributed by atoms with Gasteiger partial charge in [-0.25, -0.2) is 0 Å². The van der Waals surface area contributed by atoms with Crippen LogP contribution in [0.5, 0.6) is 11.5 Å². The van der Waals surface area contributed by atoms with Crippen LogP contribution in [0.2, 0.25) is 0 Å². The molecule has 1 aliphatic heterocycles. The van der Waals surface area contributed by atoms with Crippen LogP contribution in [0.4, 0.5) is 5.69 Å². The van der Waals surface area contributed by atoms with Crippen molar-refractivity contribution in [2.45, 2.75) is 12.8 Å². The van der Waals surface area contributed by atoms with Crippen LogP contribution in [0.3, 0.4) is 0 Å². The molecule has 3 aromatic rings. The summed E-state index contributed by atoms with van der Waals surface area (Å²) in [6, 6.07) is 23.5. The third kappa shape index (κ3) is 6.80. The van der Waals surface area contributed by atoms with Gasteiger partial charge in [0.05, 0.1) is 5.56 Å². The van der Waals surface area contributed by atoms with Gasteiger partial charge in [0.2, 0.25) is 0 Å². The summed E-state index contributed by atoms with van der Waals surface area (Å²) in [4.78, 5) is 27.2. The number of ether oxygens (including phenoxy) is 2. The molecule has 180 valence electrons. The molecular formula is C27H27N3O4S. The Bertz CT molecular complexity index is 1160. The van der Waals surface area contributed by atoms with Gasteiger partial charge in [0.25, 0.3) is 11.8 Å². The topological polar surface area (TPSA) is 79.9 Å². The summed E-state index contributed by atoms with van der Waals surface area (Å²) >= 11 is 5.31. The fraction of sp³-hybridized carbons (Fsp3) is 0.222. The number of likely N-dealkylation sites (tertiary alicyclic amines) is 1. The second-order valence-corrected chi connectivity index (χ2v) is 8.40. The summed E-state index contributed by atoms with van der Waals surface area (Å²) in [7, 11) is 0. The van der Waals surface area contributed by atoms with E-state index in [2.05, 4.69) is 10.6 Å². The van der Waals surface area contributed by atoms with Gasteiger partial charge in [-0.3, -0.25) is 14.9 Å². The van der Waals surface area contributed by atoms with Crippen LogP contribution in [-0.2, 0) is 0 Å². The summed E-state index contributed by atoms with van der Waals surface area (Å²) in [5.41, 5.74) is 1.67. The van der Waals surface area contributed by atoms with Gasteiger partial charge in [0.15, 0.2) is 5.11 Å². The lowest BCUT2D eigenvalue weighted by Gasteiger charge is -2.16. The third-order valence-corrected chi connectivity index (χ3v) is 5.70. The predicted molar refractivity (Wildman–Crippen MR) is 139 cm³/mol. The van der Waals surface area contributed by atoms with Gasteiger partial charge in [0, 0.05) is 24.3 Å². The molecule has 0 unspecified atom stereocenters. The lowest BCUT2D eigenvalue weighted by molar-refractivity contribution is 0.0792. The first-order valence-electron chi connectivity index (χ1n) is 11.5. The number of rotatable bonds is 8. The highest BCUT2D eigenvalue weighted by Gasteiger charge is 2.19. The first-order valence-corrected chi connectivity index (χ1v) is 11.9. The zero-order valence-corrected chi connectivity index (χ0v) is 20.1. The minimum absolute atomic E-state index is 0.0377. The number of amides is 2. The van der Waals surface area contributed by atoms with Gasteiger partial charge in [-0.05, 0) is 73.6 Å². The summed E-state index contributed by atoms with van der Waals surface area (Å²) in [5.74, 6) is 0.847. The van der Waals surface area contributed by atoms with Gasteiger partial charge in [-0.1, -0.05) is 30.3 Å². The number of carbonyl (C=O) groups is 2. The monoisotopic (exact) mass is 489 g/mol. The van der Waals surface area contributed by atoms with E-state index in [1.165, 1.54) is 0 Å². The van der Waals surface area contributed by atoms with Crippen LogP contribution in [0.25, 0.3) is 0 Å². The molecule has 4 rings (SSSR count). The number of nitrogens with zero attached hydrogens (tertiary/aromatic N) is 1. The van der Waals surface area contributed by atoms with Crippen LogP contribution in [0.15, 0.2) is 78.9 Å². The Morgan fingerprint density at radius 1 is 0.829 bits per heavy atom. The molecule has 0 spiro atoms. The summed E-state index contributed by atoms with van der Waals surface area (Å²) in [5, 5.41) is 5.81. The van der Waals surface area contributed by atoms with Crippen molar-refractivity contribution in [3.63, 3.8) is 0 Å². The van der Waals surface area contributed by atoms with Gasteiger partial charge >= 0.3 is 0 Å². The maximum absolute atomic E-state index is 12.8. The van der Waals surface area contributed by atoms with Crippen molar-refractivity contribution in [3.8, 4) is 11.5 Å². The van der Waals surface area contributed by atoms with Crippen LogP contribution in [0, 0.1) is 0 Å². The first kappa shape index (κ1) is 24.2. The van der Waals surface area contributed by atoms with Crippen molar-refractivity contribution in [1.29, 1.82) is 0 Å². The van der Waals surface area contributed by atoms with E-state index in [1.807, 2.05) is 35.2 Å². The standard InChI is InChI=1S/C27H27N3O4S/c31-25(23-10-4-5-11-24(23)34-19-18-33-22-8-2-1-3-9-22)29-27(35)28-21-14-12-20(13-15-21)26(32)30-16-6-7-17-30/h1-5,8-15H,6-7,16-19H2,(H2,28,29,31,35). The highest BCUT2D eigenvalue weighted by molar-refractivity contribution is 7.80. The first-order chi connectivity index (χ1) is 17.1. The molecule has 0 saturated carbocycles. The molecule has 2 N–H and O–H groups in total. The largest absolute Gasteiger partial charge is 0.490 e. The van der Waals surface area contributed by atoms with E-state index in [-0.39, 0.29) is 23.5 Å². The quantitative estimate of drug-likeness (QED) is 0.358. The minimum atomic E-state index is -0.386. The second kappa shape index (κ2) is 12.0. The molecule has 0 aromatic heterocycles. The number of carbonyl (C=O) groups excluding carboxylic acids is 2. The molecule has 7 nitrogen and oxygen atoms in total. The van der Waals surface area contributed by atoms with Crippen molar-refractivity contribution in [2.24, 2.45) is 0 Å². The zero-order chi connectivity index (χ0) is 24.5. The third-order valence-electron chi connectivity index (χ3n) is 5.49. The Labute approximate surface area is 210 Å². The molecule has 2 amide bonds. The molecule has 0 radical (unpaired) electrons. The maximum atomic E-state index is 12.8. The molecule has 0 aliphatic carbocycles. The molecule has 35 heavy (non-hydrogen) atoms. The van der Waals surface area contributed by atoms with Crippen LogP contribution in [0.1, 0.15) is 33.6 Å². The Balaban J connectivity index is 1.28. The van der Waals surface area contributed by atoms with Crippen molar-refractivity contribution < 1.29 is 19.1 Å². The fourth-order valence-electron chi connectivity index (χ4n) is 3.74. The summed E-state index contributed by atoms with van der Waals surface area (Å²) in [6.07, 6.45) is 2.10. The Hall–Kier alpha value is -3.91. The lowest BCUT2D eigenvalue weighted by atomic mass is 10.2. The van der Waals surface area contributed by atoms with Gasteiger partial charge in [-0.15, -0.1) is 0 Å². The van der Waals surface area contributed by atoms with E-state index in [1.54, 1.807) is 48.5 Å². The molecule has 1 heterocycles. The number of anilines is 1. The van der Waals surface area contributed by atoms with Gasteiger partial charge in [0.1, 0.15) is 24.7 Å². The van der Waals surface area contributed by atoms with E-state index in [4.69, 9.17) is 21.7 Å². The van der Waals surface area contributed by atoms with E-state index >= 15 is 0 Å². The van der Waals surface area contributed by atoms with Gasteiger partial charge in [-0.2, -0.15) is 0 Å². The second-order valence-electron chi connectivity index (χ2n) is 7.99. The molecule has 3 aromatic carbocycles. The highest BCUT2D eigenvalue weighted by atomic mass is 32.1. The Morgan fingerprint density at radius 2 is 1.49 bits per heavy atom. The van der Waals surface area contributed by atoms with Crippen molar-refractivity contribution >= 4 is 34.8 Å². The molecule has 1 fully saturated rings. The fourth-order valence-corrected chi connectivity index (χ4v) is 3.95. The van der Waals surface area contributed by atoms with Crippen molar-refractivity contribution in [1.82, 2.24) is 10.2 Å². The normalized spacial score (nSPS) is 12.6. The maximum Gasteiger partial charge on any atom is 0.261 e. The molecule has 0 atom stereocenters. The minimum Gasteiger partial charge on any atom is -0.490 e. The Morgan fingerprint density at radius 3 is 2.23 bits per heavy atom. The number of benzene rings is 3. The van der Waals surface area contributed by atoms with Crippen LogP contribution < -0.4 is 20.1 Å². The molecule has 1 aliphatic rings. The van der Waals surface area contributed by atoms with E-state index < -0.39 is 0 Å². The lowest BCUT2D eigenvalue weighted by Crippen LogP contribution is -2.34. The molecule has 8 heteroatoms. The van der Waals surface area contributed by atoms with Gasteiger partial charge < -0.3 is 19.7 Å². The van der Waals surface area contributed by atoms with Crippen LogP contribution in [-0.4, -0.2) is 48.1 Å². The molecule has 1 saturated heterocycles. The highest BCUT2D eigenvalue weighted by Crippen LogP contribution is 2.19. The SMILES string of the molecule is O=C(NC(=S)Nc1ccc(C(=O)N2CCCC2)cc1)c1ccccc1OCCOc1ccccc1. The molecule has 0 bridgehead atoms. The average Bonchev–Trinajstić information content (AvgIpc) is 3.42. The van der Waals surface area contributed by atoms with Crippen LogP contribution >= 0.6 is 12.2 Å². The zero-order valence-electron chi connectivity index (χ0n) is 19.2. The molecular weight excluding hydrogens is 462 g/mol. The summed E-state index contributed by atoms with van der Waals surface area (Å²) < 4.78 is 11.4. The van der Waals surface area contributed by atoms with E-state index in [0.29, 0.717) is 29.2 Å². The average molecular weight is 490 g/mol. The van der Waals surface area contributed by atoms with E-state index in [0.717, 1.165) is 31.7 Å². The Kier molecular flexibility index (Phi) is 8.30.